The molecule has 0 radical (unpaired) electrons. The fraction of sp³-hybridized carbons (Fsp3) is 0.318. The number of fused-ring (bicyclic) bond motifs is 3. The lowest BCUT2D eigenvalue weighted by Gasteiger charge is -2.12. The third-order valence-corrected chi connectivity index (χ3v) is 5.74. The van der Waals surface area contributed by atoms with Gasteiger partial charge in [0.1, 0.15) is 11.5 Å². The van der Waals surface area contributed by atoms with Crippen LogP contribution in [-0.4, -0.2) is 43.4 Å². The quantitative estimate of drug-likeness (QED) is 0.414. The van der Waals surface area contributed by atoms with E-state index in [9.17, 15) is 0 Å². The predicted octanol–water partition coefficient (Wildman–Crippen LogP) is 4.99. The largest absolute Gasteiger partial charge is 0.493 e. The van der Waals surface area contributed by atoms with Gasteiger partial charge < -0.3 is 19.5 Å². The van der Waals surface area contributed by atoms with Crippen molar-refractivity contribution in [3.05, 3.63) is 42.0 Å². The standard InChI is InChI=1S/C22H25N3O3S/c1-5-28-17-9-7-15(13-18(17)27-4)20-21(23-10-11-26-3)25-16-8-6-14(2)12-19(16)29-22(25)24-20/h6-9,12-13,23H,5,10-11H2,1-4H3. The van der Waals surface area contributed by atoms with Gasteiger partial charge in [-0.15, -0.1) is 0 Å². The van der Waals surface area contributed by atoms with Gasteiger partial charge in [0.05, 0.1) is 30.5 Å². The van der Waals surface area contributed by atoms with Crippen LogP contribution in [0.25, 0.3) is 26.4 Å². The number of nitrogens with zero attached hydrogens (tertiary/aromatic N) is 2. The molecule has 0 fully saturated rings. The third-order valence-electron chi connectivity index (χ3n) is 4.74. The van der Waals surface area contributed by atoms with Crippen LogP contribution in [0, 0.1) is 6.92 Å². The van der Waals surface area contributed by atoms with Gasteiger partial charge in [0.25, 0.3) is 0 Å². The van der Waals surface area contributed by atoms with Crippen molar-refractivity contribution >= 4 is 32.3 Å². The minimum absolute atomic E-state index is 0.588. The maximum absolute atomic E-state index is 5.66. The van der Waals surface area contributed by atoms with Crippen molar-refractivity contribution in [2.24, 2.45) is 0 Å². The molecule has 0 saturated heterocycles. The number of aryl methyl sites for hydroxylation is 1. The van der Waals surface area contributed by atoms with Crippen LogP contribution in [0.4, 0.5) is 5.82 Å². The molecule has 0 spiro atoms. The summed E-state index contributed by atoms with van der Waals surface area (Å²) in [5, 5.41) is 3.52. The lowest BCUT2D eigenvalue weighted by molar-refractivity contribution is 0.210. The van der Waals surface area contributed by atoms with E-state index in [1.54, 1.807) is 25.6 Å². The Bertz CT molecular complexity index is 1150. The van der Waals surface area contributed by atoms with Crippen molar-refractivity contribution in [1.82, 2.24) is 9.38 Å². The second kappa shape index (κ2) is 8.31. The summed E-state index contributed by atoms with van der Waals surface area (Å²) in [6, 6.07) is 12.4. The number of nitrogens with one attached hydrogen (secondary N) is 1. The summed E-state index contributed by atoms with van der Waals surface area (Å²) in [6.45, 7) is 5.96. The van der Waals surface area contributed by atoms with E-state index in [0.29, 0.717) is 25.5 Å². The SMILES string of the molecule is CCOc1ccc(-c2nc3sc4cc(C)ccc4n3c2NCCOC)cc1OC. The maximum Gasteiger partial charge on any atom is 0.197 e. The Hall–Kier alpha value is -2.77. The molecule has 0 saturated carbocycles. The van der Waals surface area contributed by atoms with E-state index in [0.717, 1.165) is 33.3 Å². The first-order valence-electron chi connectivity index (χ1n) is 9.62. The number of anilines is 1. The van der Waals surface area contributed by atoms with Crippen LogP contribution in [0.3, 0.4) is 0 Å². The lowest BCUT2D eigenvalue weighted by Crippen LogP contribution is -2.10. The van der Waals surface area contributed by atoms with Gasteiger partial charge in [0, 0.05) is 19.2 Å². The van der Waals surface area contributed by atoms with E-state index in [-0.39, 0.29) is 0 Å². The van der Waals surface area contributed by atoms with Crippen molar-refractivity contribution in [3.63, 3.8) is 0 Å². The van der Waals surface area contributed by atoms with E-state index in [4.69, 9.17) is 19.2 Å². The average molecular weight is 412 g/mol. The smallest absolute Gasteiger partial charge is 0.197 e. The highest BCUT2D eigenvalue weighted by molar-refractivity contribution is 7.23. The van der Waals surface area contributed by atoms with Gasteiger partial charge in [-0.2, -0.15) is 0 Å². The first kappa shape index (κ1) is 19.5. The maximum atomic E-state index is 5.66. The van der Waals surface area contributed by atoms with Crippen LogP contribution in [0.2, 0.25) is 0 Å². The van der Waals surface area contributed by atoms with Gasteiger partial charge in [-0.05, 0) is 49.7 Å². The Morgan fingerprint density at radius 3 is 2.72 bits per heavy atom. The van der Waals surface area contributed by atoms with Gasteiger partial charge >= 0.3 is 0 Å². The van der Waals surface area contributed by atoms with Crippen molar-refractivity contribution < 1.29 is 14.2 Å². The molecule has 2 aromatic carbocycles. The Labute approximate surface area is 174 Å². The molecule has 2 aromatic heterocycles. The number of rotatable bonds is 8. The molecule has 0 aliphatic heterocycles. The molecule has 2 heterocycles. The zero-order chi connectivity index (χ0) is 20.4. The number of imidazole rings is 1. The van der Waals surface area contributed by atoms with Crippen LogP contribution >= 0.6 is 11.3 Å². The molecular formula is C22H25N3O3S. The molecule has 4 aromatic rings. The second-order valence-electron chi connectivity index (χ2n) is 6.72. The second-order valence-corrected chi connectivity index (χ2v) is 7.73. The van der Waals surface area contributed by atoms with E-state index >= 15 is 0 Å². The molecule has 152 valence electrons. The Morgan fingerprint density at radius 1 is 1.10 bits per heavy atom. The number of benzene rings is 2. The molecule has 0 bridgehead atoms. The lowest BCUT2D eigenvalue weighted by atomic mass is 10.1. The van der Waals surface area contributed by atoms with Gasteiger partial charge in [-0.25, -0.2) is 4.98 Å². The molecule has 1 N–H and O–H groups in total. The van der Waals surface area contributed by atoms with Crippen LogP contribution in [0.5, 0.6) is 11.5 Å². The number of thiazole rings is 1. The number of ether oxygens (including phenoxy) is 3. The summed E-state index contributed by atoms with van der Waals surface area (Å²) >= 11 is 1.69. The van der Waals surface area contributed by atoms with E-state index < -0.39 is 0 Å². The predicted molar refractivity (Wildman–Crippen MR) is 119 cm³/mol. The minimum atomic E-state index is 0.588. The molecule has 0 aliphatic carbocycles. The van der Waals surface area contributed by atoms with Crippen molar-refractivity contribution in [2.75, 3.05) is 39.3 Å². The Kier molecular flexibility index (Phi) is 5.60. The minimum Gasteiger partial charge on any atom is -0.493 e. The van der Waals surface area contributed by atoms with Crippen molar-refractivity contribution in [3.8, 4) is 22.8 Å². The number of hydrogen-bond acceptors (Lipinski definition) is 6. The molecule has 0 unspecified atom stereocenters. The highest BCUT2D eigenvalue weighted by atomic mass is 32.1. The van der Waals surface area contributed by atoms with Gasteiger partial charge in [0.2, 0.25) is 0 Å². The molecule has 7 heteroatoms. The number of methoxy groups -OCH3 is 2. The van der Waals surface area contributed by atoms with Crippen molar-refractivity contribution in [1.29, 1.82) is 0 Å². The third kappa shape index (κ3) is 3.63. The zero-order valence-corrected chi connectivity index (χ0v) is 17.9. The summed E-state index contributed by atoms with van der Waals surface area (Å²) < 4.78 is 19.8. The molecule has 0 aliphatic rings. The Morgan fingerprint density at radius 2 is 1.97 bits per heavy atom. The average Bonchev–Trinajstić information content (AvgIpc) is 3.24. The molecule has 0 atom stereocenters. The highest BCUT2D eigenvalue weighted by Crippen LogP contribution is 2.39. The van der Waals surface area contributed by atoms with Crippen LogP contribution in [0.15, 0.2) is 36.4 Å². The molecule has 0 amide bonds. The fourth-order valence-electron chi connectivity index (χ4n) is 3.40. The summed E-state index contributed by atoms with van der Waals surface area (Å²) in [4.78, 5) is 5.91. The first-order valence-corrected chi connectivity index (χ1v) is 10.4. The monoisotopic (exact) mass is 411 g/mol. The molecular weight excluding hydrogens is 386 g/mol. The van der Waals surface area contributed by atoms with Gasteiger partial charge in [0.15, 0.2) is 16.5 Å². The Balaban J connectivity index is 1.88. The van der Waals surface area contributed by atoms with Crippen LogP contribution < -0.4 is 14.8 Å². The molecule has 4 rings (SSSR count). The topological polar surface area (TPSA) is 57.0 Å². The molecule has 6 nitrogen and oxygen atoms in total. The van der Waals surface area contributed by atoms with Gasteiger partial charge in [-0.3, -0.25) is 4.40 Å². The van der Waals surface area contributed by atoms with Gasteiger partial charge in [-0.1, -0.05) is 17.4 Å². The van der Waals surface area contributed by atoms with Crippen LogP contribution in [0.1, 0.15) is 12.5 Å². The normalized spacial score (nSPS) is 11.3. The summed E-state index contributed by atoms with van der Waals surface area (Å²) in [6.07, 6.45) is 0. The van der Waals surface area contributed by atoms with E-state index in [1.807, 2.05) is 25.1 Å². The van der Waals surface area contributed by atoms with Crippen LogP contribution in [-0.2, 0) is 4.74 Å². The fourth-order valence-corrected chi connectivity index (χ4v) is 4.53. The zero-order valence-electron chi connectivity index (χ0n) is 17.1. The summed E-state index contributed by atoms with van der Waals surface area (Å²) in [7, 11) is 3.36. The molecule has 29 heavy (non-hydrogen) atoms. The number of hydrogen-bond donors (Lipinski definition) is 1. The van der Waals surface area contributed by atoms with E-state index in [1.165, 1.54) is 10.3 Å². The first-order chi connectivity index (χ1) is 14.2. The highest BCUT2D eigenvalue weighted by Gasteiger charge is 2.19. The van der Waals surface area contributed by atoms with Crippen molar-refractivity contribution in [2.45, 2.75) is 13.8 Å². The summed E-state index contributed by atoms with van der Waals surface area (Å²) in [5.74, 6) is 2.39. The van der Waals surface area contributed by atoms with E-state index in [2.05, 4.69) is 34.8 Å². The number of aromatic nitrogens is 2. The summed E-state index contributed by atoms with van der Waals surface area (Å²) in [5.41, 5.74) is 4.25.